The first-order valence-electron chi connectivity index (χ1n) is 5.21. The lowest BCUT2D eigenvalue weighted by Gasteiger charge is -2.35. The van der Waals surface area contributed by atoms with Crippen molar-refractivity contribution < 1.29 is 4.43 Å². The fourth-order valence-corrected chi connectivity index (χ4v) is 3.69. The standard InChI is InChI=1S/C11H18BrClOSSi/c1-11(2,3)16(4,5)14-7-8-6-9(12)10(13)15-8/h6H,7H2,1-5H3. The summed E-state index contributed by atoms with van der Waals surface area (Å²) in [5, 5.41) is 0.255. The minimum atomic E-state index is -1.65. The largest absolute Gasteiger partial charge is 0.412 e. The third kappa shape index (κ3) is 3.57. The Labute approximate surface area is 116 Å². The highest BCUT2D eigenvalue weighted by atomic mass is 79.9. The zero-order chi connectivity index (χ0) is 12.6. The fourth-order valence-electron chi connectivity index (χ4n) is 0.931. The van der Waals surface area contributed by atoms with Crippen LogP contribution in [0.2, 0.25) is 22.5 Å². The average Bonchev–Trinajstić information content (AvgIpc) is 2.41. The normalized spacial score (nSPS) is 13.2. The summed E-state index contributed by atoms with van der Waals surface area (Å²) in [7, 11) is -1.65. The predicted octanol–water partition coefficient (Wildman–Crippen LogP) is 5.69. The zero-order valence-corrected chi connectivity index (χ0v) is 14.5. The van der Waals surface area contributed by atoms with Crippen LogP contribution in [0.1, 0.15) is 25.6 Å². The van der Waals surface area contributed by atoms with E-state index in [1.165, 1.54) is 4.88 Å². The molecular formula is C11H18BrClOSSi. The van der Waals surface area contributed by atoms with E-state index in [1.807, 2.05) is 6.07 Å². The molecule has 0 saturated heterocycles. The molecule has 5 heteroatoms. The van der Waals surface area contributed by atoms with Crippen LogP contribution in [0.4, 0.5) is 0 Å². The Hall–Kier alpha value is 0.647. The van der Waals surface area contributed by atoms with E-state index in [2.05, 4.69) is 49.8 Å². The molecule has 0 unspecified atom stereocenters. The fraction of sp³-hybridized carbons (Fsp3) is 0.636. The highest BCUT2D eigenvalue weighted by molar-refractivity contribution is 9.10. The molecule has 0 aliphatic carbocycles. The highest BCUT2D eigenvalue weighted by Crippen LogP contribution is 2.38. The van der Waals surface area contributed by atoms with E-state index in [4.69, 9.17) is 16.0 Å². The first-order valence-corrected chi connectivity index (χ1v) is 10.1. The lowest BCUT2D eigenvalue weighted by atomic mass is 10.2. The van der Waals surface area contributed by atoms with Crippen molar-refractivity contribution in [2.75, 3.05) is 0 Å². The van der Waals surface area contributed by atoms with Crippen LogP contribution in [0.5, 0.6) is 0 Å². The van der Waals surface area contributed by atoms with Gasteiger partial charge in [0.25, 0.3) is 0 Å². The van der Waals surface area contributed by atoms with Gasteiger partial charge in [0, 0.05) is 9.35 Å². The van der Waals surface area contributed by atoms with Crippen molar-refractivity contribution in [3.63, 3.8) is 0 Å². The van der Waals surface area contributed by atoms with Gasteiger partial charge in [0.15, 0.2) is 8.32 Å². The average molecular weight is 342 g/mol. The molecule has 0 fully saturated rings. The molecule has 1 aromatic rings. The van der Waals surface area contributed by atoms with Gasteiger partial charge in [-0.05, 0) is 40.1 Å². The Morgan fingerprint density at radius 2 is 2.00 bits per heavy atom. The predicted molar refractivity (Wildman–Crippen MR) is 79.0 cm³/mol. The lowest BCUT2D eigenvalue weighted by Crippen LogP contribution is -2.40. The van der Waals surface area contributed by atoms with Crippen LogP contribution in [-0.2, 0) is 11.0 Å². The molecule has 0 bridgehead atoms. The van der Waals surface area contributed by atoms with Crippen molar-refractivity contribution >= 4 is 47.2 Å². The second-order valence-electron chi connectivity index (χ2n) is 5.38. The van der Waals surface area contributed by atoms with E-state index in [0.29, 0.717) is 6.61 Å². The van der Waals surface area contributed by atoms with Crippen molar-refractivity contribution in [1.82, 2.24) is 0 Å². The van der Waals surface area contributed by atoms with Crippen LogP contribution in [0, 0.1) is 0 Å². The summed E-state index contributed by atoms with van der Waals surface area (Å²) in [4.78, 5) is 1.18. The molecule has 1 rings (SSSR count). The summed E-state index contributed by atoms with van der Waals surface area (Å²) in [6.45, 7) is 11.9. The van der Waals surface area contributed by atoms with E-state index in [1.54, 1.807) is 11.3 Å². The minimum absolute atomic E-state index is 0.255. The van der Waals surface area contributed by atoms with Gasteiger partial charge < -0.3 is 4.43 Å². The number of hydrogen-bond acceptors (Lipinski definition) is 2. The van der Waals surface area contributed by atoms with Crippen LogP contribution >= 0.6 is 38.9 Å². The molecule has 1 heterocycles. The molecule has 16 heavy (non-hydrogen) atoms. The second kappa shape index (κ2) is 5.10. The first kappa shape index (κ1) is 14.7. The summed E-state index contributed by atoms with van der Waals surface area (Å²) in [5.74, 6) is 0. The van der Waals surface area contributed by atoms with E-state index >= 15 is 0 Å². The van der Waals surface area contributed by atoms with Crippen molar-refractivity contribution in [2.45, 2.75) is 45.5 Å². The van der Waals surface area contributed by atoms with Crippen LogP contribution in [0.3, 0.4) is 0 Å². The Bertz CT molecular complexity index is 351. The lowest BCUT2D eigenvalue weighted by molar-refractivity contribution is 0.279. The van der Waals surface area contributed by atoms with Crippen molar-refractivity contribution in [1.29, 1.82) is 0 Å². The maximum atomic E-state index is 6.12. The molecular weight excluding hydrogens is 324 g/mol. The molecule has 1 nitrogen and oxygen atoms in total. The Kier molecular flexibility index (Phi) is 4.69. The van der Waals surface area contributed by atoms with Crippen molar-refractivity contribution in [2.24, 2.45) is 0 Å². The summed E-state index contributed by atoms with van der Waals surface area (Å²) in [6.07, 6.45) is 0. The van der Waals surface area contributed by atoms with Gasteiger partial charge in [-0.1, -0.05) is 32.4 Å². The molecule has 1 aromatic heterocycles. The summed E-state index contributed by atoms with van der Waals surface area (Å²) in [5.41, 5.74) is 0. The summed E-state index contributed by atoms with van der Waals surface area (Å²) in [6, 6.07) is 2.04. The minimum Gasteiger partial charge on any atom is -0.412 e. The van der Waals surface area contributed by atoms with Gasteiger partial charge in [0.1, 0.15) is 4.34 Å². The van der Waals surface area contributed by atoms with Gasteiger partial charge in [-0.15, -0.1) is 11.3 Å². The monoisotopic (exact) mass is 340 g/mol. The van der Waals surface area contributed by atoms with Crippen molar-refractivity contribution in [3.05, 3.63) is 19.8 Å². The van der Waals surface area contributed by atoms with E-state index in [9.17, 15) is 0 Å². The second-order valence-corrected chi connectivity index (χ2v) is 12.8. The molecule has 0 amide bonds. The molecule has 0 radical (unpaired) electrons. The maximum Gasteiger partial charge on any atom is 0.192 e. The van der Waals surface area contributed by atoms with Gasteiger partial charge in [0.2, 0.25) is 0 Å². The third-order valence-corrected chi connectivity index (χ3v) is 10.0. The van der Waals surface area contributed by atoms with E-state index < -0.39 is 8.32 Å². The smallest absolute Gasteiger partial charge is 0.192 e. The van der Waals surface area contributed by atoms with Gasteiger partial charge >= 0.3 is 0 Å². The van der Waals surface area contributed by atoms with Gasteiger partial charge in [-0.3, -0.25) is 0 Å². The Morgan fingerprint density at radius 3 is 2.38 bits per heavy atom. The molecule has 92 valence electrons. The zero-order valence-electron chi connectivity index (χ0n) is 10.4. The number of thiophene rings is 1. The van der Waals surface area contributed by atoms with Crippen molar-refractivity contribution in [3.8, 4) is 0 Å². The van der Waals surface area contributed by atoms with E-state index in [0.717, 1.165) is 8.81 Å². The van der Waals surface area contributed by atoms with Crippen LogP contribution in [0.25, 0.3) is 0 Å². The van der Waals surface area contributed by atoms with Gasteiger partial charge in [-0.25, -0.2) is 0 Å². The highest BCUT2D eigenvalue weighted by Gasteiger charge is 2.37. The first-order chi connectivity index (χ1) is 7.13. The number of halogens is 2. The topological polar surface area (TPSA) is 9.23 Å². The Morgan fingerprint density at radius 1 is 1.44 bits per heavy atom. The maximum absolute atomic E-state index is 6.12. The molecule has 0 aromatic carbocycles. The van der Waals surface area contributed by atoms with Crippen LogP contribution < -0.4 is 0 Å². The van der Waals surface area contributed by atoms with Gasteiger partial charge in [-0.2, -0.15) is 0 Å². The molecule has 0 saturated carbocycles. The van der Waals surface area contributed by atoms with E-state index in [-0.39, 0.29) is 5.04 Å². The number of hydrogen-bond donors (Lipinski definition) is 0. The quantitative estimate of drug-likeness (QED) is 0.642. The number of rotatable bonds is 3. The van der Waals surface area contributed by atoms with Gasteiger partial charge in [0.05, 0.1) is 6.61 Å². The summed E-state index contributed by atoms with van der Waals surface area (Å²) >= 11 is 11.0. The summed E-state index contributed by atoms with van der Waals surface area (Å²) < 4.78 is 7.88. The van der Waals surface area contributed by atoms with Crippen LogP contribution in [-0.4, -0.2) is 8.32 Å². The molecule has 0 atom stereocenters. The van der Waals surface area contributed by atoms with Crippen LogP contribution in [0.15, 0.2) is 10.5 Å². The molecule has 0 aliphatic rings. The molecule has 0 N–H and O–H groups in total. The Balaban J connectivity index is 2.65. The molecule has 0 spiro atoms. The SMILES string of the molecule is CC(C)(C)[Si](C)(C)OCc1cc(Br)c(Cl)s1. The third-order valence-electron chi connectivity index (χ3n) is 3.08. The molecule has 0 aliphatic heterocycles.